The third kappa shape index (κ3) is 10.5. The van der Waals surface area contributed by atoms with E-state index in [2.05, 4.69) is 4.99 Å². The molecule has 0 saturated heterocycles. The van der Waals surface area contributed by atoms with Crippen LogP contribution in [0.15, 0.2) is 29.3 Å². The number of hydrogen-bond donors (Lipinski definition) is 6. The van der Waals surface area contributed by atoms with E-state index in [1.54, 1.807) is 12.1 Å². The molecule has 1 atom stereocenters. The molecule has 1 aromatic rings. The largest absolute Gasteiger partial charge is 0.504 e. The third-order valence-corrected chi connectivity index (χ3v) is 2.91. The molecule has 26 heavy (non-hydrogen) atoms. The fourth-order valence-electron chi connectivity index (χ4n) is 1.61. The lowest BCUT2D eigenvalue weighted by molar-refractivity contribution is -0.138. The Morgan fingerprint density at radius 3 is 2.46 bits per heavy atom. The van der Waals surface area contributed by atoms with Crippen LogP contribution in [0.4, 0.5) is 0 Å². The predicted molar refractivity (Wildman–Crippen MR) is 96.9 cm³/mol. The van der Waals surface area contributed by atoms with Crippen molar-refractivity contribution in [1.82, 2.24) is 0 Å². The van der Waals surface area contributed by atoms with Crippen molar-refractivity contribution in [1.29, 1.82) is 0 Å². The average molecular weight is 368 g/mol. The Hall–Kier alpha value is -3.27. The molecule has 0 aliphatic heterocycles. The van der Waals surface area contributed by atoms with Crippen LogP contribution in [0.2, 0.25) is 0 Å². The number of phenolic OH excluding ortho intramolecular Hbond substituents is 1. The van der Waals surface area contributed by atoms with Crippen LogP contribution in [-0.2, 0) is 9.59 Å². The lowest BCUT2D eigenvalue weighted by atomic mass is 10.2. The number of phenols is 1. The highest BCUT2D eigenvalue weighted by Crippen LogP contribution is 2.26. The fourth-order valence-corrected chi connectivity index (χ4v) is 1.61. The van der Waals surface area contributed by atoms with Crippen LogP contribution in [0.1, 0.15) is 18.4 Å². The van der Waals surface area contributed by atoms with Crippen LogP contribution in [0.3, 0.4) is 0 Å². The van der Waals surface area contributed by atoms with E-state index in [1.165, 1.54) is 19.3 Å². The number of benzene rings is 1. The smallest absolute Gasteiger partial charge is 0.328 e. The molecule has 10 nitrogen and oxygen atoms in total. The van der Waals surface area contributed by atoms with Crippen molar-refractivity contribution in [3.05, 3.63) is 29.8 Å². The second kappa shape index (κ2) is 12.1. The van der Waals surface area contributed by atoms with E-state index < -0.39 is 18.0 Å². The van der Waals surface area contributed by atoms with Gasteiger partial charge in [-0.3, -0.25) is 9.79 Å². The SMILES string of the molecule is COc1cc(/C=C/C(=O)O)ccc1O.NC(N)=NCCC[C@H](N)C(=O)O. The van der Waals surface area contributed by atoms with E-state index in [0.29, 0.717) is 30.7 Å². The van der Waals surface area contributed by atoms with E-state index in [-0.39, 0.29) is 11.7 Å². The summed E-state index contributed by atoms with van der Waals surface area (Å²) in [6.07, 6.45) is 3.40. The van der Waals surface area contributed by atoms with Crippen LogP contribution >= 0.6 is 0 Å². The van der Waals surface area contributed by atoms with Crippen LogP contribution < -0.4 is 21.9 Å². The molecule has 0 fully saturated rings. The Labute approximate surface area is 150 Å². The number of aliphatic imine (C=N–C) groups is 1. The maximum atomic E-state index is 10.2. The summed E-state index contributed by atoms with van der Waals surface area (Å²) >= 11 is 0. The van der Waals surface area contributed by atoms with Gasteiger partial charge in [0.25, 0.3) is 0 Å². The summed E-state index contributed by atoms with van der Waals surface area (Å²) in [4.78, 5) is 24.1. The van der Waals surface area contributed by atoms with Gasteiger partial charge in [-0.2, -0.15) is 0 Å². The Bertz CT molecular complexity index is 656. The number of nitrogens with two attached hydrogens (primary N) is 3. The standard InChI is InChI=1S/C10H10O4.C6H14N4O2/c1-14-9-6-7(2-4-8(9)11)3-5-10(12)13;7-4(5(11)12)2-1-3-10-6(8)9/h2-6,11H,1H3,(H,12,13);4H,1-3,7H2,(H,11,12)(H4,8,9,10)/b5-3+;/t;4-/m.0/s1. The van der Waals surface area contributed by atoms with Crippen LogP contribution in [0, 0.1) is 0 Å². The fraction of sp³-hybridized carbons (Fsp3) is 0.312. The van der Waals surface area contributed by atoms with Crippen molar-refractivity contribution in [2.75, 3.05) is 13.7 Å². The quantitative estimate of drug-likeness (QED) is 0.158. The van der Waals surface area contributed by atoms with Gasteiger partial charge >= 0.3 is 11.9 Å². The molecule has 1 rings (SSSR count). The second-order valence-electron chi connectivity index (χ2n) is 5.00. The maximum absolute atomic E-state index is 10.2. The van der Waals surface area contributed by atoms with Crippen LogP contribution in [0.25, 0.3) is 6.08 Å². The number of nitrogens with zero attached hydrogens (tertiary/aromatic N) is 1. The number of carbonyl (C=O) groups is 2. The number of carboxylic acids is 2. The van der Waals surface area contributed by atoms with Gasteiger partial charge in [0, 0.05) is 12.6 Å². The molecule has 0 saturated carbocycles. The molecule has 0 spiro atoms. The lowest BCUT2D eigenvalue weighted by Gasteiger charge is -2.03. The van der Waals surface area contributed by atoms with Crippen molar-refractivity contribution in [3.8, 4) is 11.5 Å². The summed E-state index contributed by atoms with van der Waals surface area (Å²) in [5.74, 6) is -1.66. The van der Waals surface area contributed by atoms with Crippen molar-refractivity contribution in [3.63, 3.8) is 0 Å². The molecule has 0 unspecified atom stereocenters. The van der Waals surface area contributed by atoms with E-state index in [0.717, 1.165) is 6.08 Å². The molecular weight excluding hydrogens is 344 g/mol. The minimum Gasteiger partial charge on any atom is -0.504 e. The first-order valence-electron chi connectivity index (χ1n) is 7.49. The van der Waals surface area contributed by atoms with Gasteiger partial charge in [-0.25, -0.2) is 4.79 Å². The maximum Gasteiger partial charge on any atom is 0.328 e. The number of ether oxygens (including phenoxy) is 1. The monoisotopic (exact) mass is 368 g/mol. The summed E-state index contributed by atoms with van der Waals surface area (Å²) in [5.41, 5.74) is 16.0. The molecule has 0 heterocycles. The summed E-state index contributed by atoms with van der Waals surface area (Å²) in [6, 6.07) is 3.77. The highest BCUT2D eigenvalue weighted by Gasteiger charge is 2.09. The zero-order chi connectivity index (χ0) is 20.1. The first-order valence-corrected chi connectivity index (χ1v) is 7.49. The number of carboxylic acid groups (broad SMARTS) is 2. The normalized spacial score (nSPS) is 11.2. The molecule has 1 aromatic carbocycles. The molecule has 9 N–H and O–H groups in total. The third-order valence-electron chi connectivity index (χ3n) is 2.91. The van der Waals surface area contributed by atoms with Crippen molar-refractivity contribution in [2.45, 2.75) is 18.9 Å². The van der Waals surface area contributed by atoms with Crippen molar-refractivity contribution in [2.24, 2.45) is 22.2 Å². The molecule has 0 amide bonds. The molecule has 0 aliphatic rings. The zero-order valence-electron chi connectivity index (χ0n) is 14.3. The summed E-state index contributed by atoms with van der Waals surface area (Å²) in [7, 11) is 1.43. The number of aromatic hydroxyl groups is 1. The topological polar surface area (TPSA) is 194 Å². The lowest BCUT2D eigenvalue weighted by Crippen LogP contribution is -2.30. The summed E-state index contributed by atoms with van der Waals surface area (Å²) in [6.45, 7) is 0.420. The Morgan fingerprint density at radius 2 is 1.96 bits per heavy atom. The minimum atomic E-state index is -1.02. The molecule has 10 heteroatoms. The Kier molecular flexibility index (Phi) is 10.6. The Balaban J connectivity index is 0.000000488. The number of rotatable bonds is 8. The van der Waals surface area contributed by atoms with E-state index in [4.69, 9.17) is 32.2 Å². The molecular formula is C16H24N4O6. The summed E-state index contributed by atoms with van der Waals surface area (Å²) in [5, 5.41) is 26.0. The van der Waals surface area contributed by atoms with Gasteiger partial charge in [0.1, 0.15) is 6.04 Å². The molecule has 144 valence electrons. The molecule has 0 aliphatic carbocycles. The van der Waals surface area contributed by atoms with Crippen LogP contribution in [0.5, 0.6) is 11.5 Å². The highest BCUT2D eigenvalue weighted by molar-refractivity contribution is 5.85. The first-order chi connectivity index (χ1) is 12.2. The average Bonchev–Trinajstić information content (AvgIpc) is 2.58. The van der Waals surface area contributed by atoms with E-state index >= 15 is 0 Å². The van der Waals surface area contributed by atoms with Gasteiger partial charge in [-0.15, -0.1) is 0 Å². The van der Waals surface area contributed by atoms with E-state index in [1.807, 2.05) is 0 Å². The highest BCUT2D eigenvalue weighted by atomic mass is 16.5. The second-order valence-corrected chi connectivity index (χ2v) is 5.00. The van der Waals surface area contributed by atoms with Crippen LogP contribution in [-0.4, -0.2) is 52.9 Å². The van der Waals surface area contributed by atoms with Crippen molar-refractivity contribution >= 4 is 24.0 Å². The van der Waals surface area contributed by atoms with Gasteiger partial charge < -0.3 is 37.3 Å². The number of aliphatic carboxylic acids is 2. The first kappa shape index (κ1) is 22.7. The van der Waals surface area contributed by atoms with Gasteiger partial charge in [0.05, 0.1) is 7.11 Å². The summed E-state index contributed by atoms with van der Waals surface area (Å²) < 4.78 is 4.86. The van der Waals surface area contributed by atoms with Gasteiger partial charge in [0.15, 0.2) is 17.5 Å². The minimum absolute atomic E-state index is 0.0129. The number of methoxy groups -OCH3 is 1. The molecule has 0 radical (unpaired) electrons. The van der Waals surface area contributed by atoms with Gasteiger partial charge in [-0.1, -0.05) is 6.07 Å². The van der Waals surface area contributed by atoms with Crippen molar-refractivity contribution < 1.29 is 29.6 Å². The Morgan fingerprint density at radius 1 is 1.31 bits per heavy atom. The number of hydrogen-bond acceptors (Lipinski definition) is 6. The molecule has 0 bridgehead atoms. The zero-order valence-corrected chi connectivity index (χ0v) is 14.3. The van der Waals surface area contributed by atoms with Gasteiger partial charge in [-0.05, 0) is 36.6 Å². The predicted octanol–water partition coefficient (Wildman–Crippen LogP) is -0.0495. The van der Waals surface area contributed by atoms with Gasteiger partial charge in [0.2, 0.25) is 0 Å². The number of guanidine groups is 1. The molecule has 0 aromatic heterocycles. The van der Waals surface area contributed by atoms with E-state index in [9.17, 15) is 14.7 Å².